The third-order valence-corrected chi connectivity index (χ3v) is 6.45. The summed E-state index contributed by atoms with van der Waals surface area (Å²) >= 11 is 0.896. The Kier molecular flexibility index (Phi) is 6.14. The molecule has 0 radical (unpaired) electrons. The fraction of sp³-hybridized carbons (Fsp3) is 0.579. The van der Waals surface area contributed by atoms with Crippen molar-refractivity contribution < 1.29 is 22.7 Å². The molecular formula is C19H24F3N5O2S. The first-order valence-electron chi connectivity index (χ1n) is 9.88. The van der Waals surface area contributed by atoms with Crippen LogP contribution in [0.5, 0.6) is 0 Å². The molecule has 2 aliphatic rings. The summed E-state index contributed by atoms with van der Waals surface area (Å²) in [6.07, 6.45) is -4.38. The zero-order valence-electron chi connectivity index (χ0n) is 16.6. The Morgan fingerprint density at radius 3 is 2.77 bits per heavy atom. The number of fused-ring (bicyclic) bond motifs is 1. The fourth-order valence-corrected chi connectivity index (χ4v) is 4.87. The normalized spacial score (nSPS) is 21.2. The number of hydrogen-bond donors (Lipinski definition) is 2. The monoisotopic (exact) mass is 443 g/mol. The second kappa shape index (κ2) is 8.66. The number of ether oxygens (including phenoxy) is 1. The molecule has 2 aromatic heterocycles. The molecule has 2 N–H and O–H groups in total. The molecule has 0 bridgehead atoms. The van der Waals surface area contributed by atoms with E-state index in [-0.39, 0.29) is 27.7 Å². The van der Waals surface area contributed by atoms with Crippen LogP contribution in [0.3, 0.4) is 0 Å². The Bertz CT molecular complexity index is 905. The molecule has 11 heteroatoms. The van der Waals surface area contributed by atoms with Gasteiger partial charge in [0.05, 0.1) is 34.1 Å². The lowest BCUT2D eigenvalue weighted by Crippen LogP contribution is -2.52. The molecule has 2 saturated heterocycles. The largest absolute Gasteiger partial charge is 0.417 e. The number of thiophene rings is 1. The summed E-state index contributed by atoms with van der Waals surface area (Å²) in [5.74, 6) is -0.182. The molecule has 1 atom stereocenters. The highest BCUT2D eigenvalue weighted by atomic mass is 32.1. The summed E-state index contributed by atoms with van der Waals surface area (Å²) in [6, 6.07) is 1.11. The van der Waals surface area contributed by atoms with Crippen LogP contribution in [0.25, 0.3) is 10.2 Å². The summed E-state index contributed by atoms with van der Waals surface area (Å²) in [5, 5.41) is 7.21. The highest BCUT2D eigenvalue weighted by Crippen LogP contribution is 2.40. The number of carbonyl (C=O) groups excluding carboxylic acids is 1. The Labute approximate surface area is 176 Å². The molecular weight excluding hydrogens is 419 g/mol. The van der Waals surface area contributed by atoms with Crippen molar-refractivity contribution in [2.75, 3.05) is 64.4 Å². The van der Waals surface area contributed by atoms with Crippen molar-refractivity contribution in [1.29, 1.82) is 0 Å². The van der Waals surface area contributed by atoms with Crippen molar-refractivity contribution in [2.45, 2.75) is 12.3 Å². The average molecular weight is 443 g/mol. The Hall–Kier alpha value is -1.95. The maximum Gasteiger partial charge on any atom is 0.417 e. The predicted octanol–water partition coefficient (Wildman–Crippen LogP) is 1.79. The van der Waals surface area contributed by atoms with Gasteiger partial charge in [-0.15, -0.1) is 11.3 Å². The van der Waals surface area contributed by atoms with Crippen LogP contribution >= 0.6 is 11.3 Å². The van der Waals surface area contributed by atoms with E-state index < -0.39 is 17.6 Å². The number of amides is 1. The summed E-state index contributed by atoms with van der Waals surface area (Å²) in [5.41, 5.74) is -0.467. The second-order valence-corrected chi connectivity index (χ2v) is 8.30. The van der Waals surface area contributed by atoms with Gasteiger partial charge in [0.1, 0.15) is 5.82 Å². The van der Waals surface area contributed by atoms with Gasteiger partial charge in [-0.25, -0.2) is 4.98 Å². The maximum absolute atomic E-state index is 13.7. The van der Waals surface area contributed by atoms with Crippen molar-refractivity contribution in [3.05, 3.63) is 22.6 Å². The van der Waals surface area contributed by atoms with Crippen LogP contribution < -0.4 is 15.5 Å². The lowest BCUT2D eigenvalue weighted by atomic mass is 10.1. The van der Waals surface area contributed by atoms with E-state index in [1.807, 2.05) is 4.90 Å². The lowest BCUT2D eigenvalue weighted by molar-refractivity contribution is -0.136. The SMILES string of the molecule is CNC(=O)c1csc2c(C(F)(F)F)cc(N3CCN(CC4CNCCO4)CC3)nc12. The Morgan fingerprint density at radius 1 is 1.37 bits per heavy atom. The van der Waals surface area contributed by atoms with E-state index in [2.05, 4.69) is 20.5 Å². The first-order valence-corrected chi connectivity index (χ1v) is 10.8. The van der Waals surface area contributed by atoms with E-state index in [9.17, 15) is 18.0 Å². The first-order chi connectivity index (χ1) is 14.4. The van der Waals surface area contributed by atoms with Crippen molar-refractivity contribution in [1.82, 2.24) is 20.5 Å². The van der Waals surface area contributed by atoms with Gasteiger partial charge in [-0.05, 0) is 6.07 Å². The minimum Gasteiger partial charge on any atom is -0.374 e. The molecule has 1 unspecified atom stereocenters. The number of pyridine rings is 1. The zero-order chi connectivity index (χ0) is 21.3. The molecule has 2 aromatic rings. The number of alkyl halides is 3. The molecule has 0 aromatic carbocycles. The molecule has 0 aliphatic carbocycles. The van der Waals surface area contributed by atoms with E-state index >= 15 is 0 Å². The van der Waals surface area contributed by atoms with Crippen LogP contribution in [-0.4, -0.2) is 81.4 Å². The molecule has 164 valence electrons. The summed E-state index contributed by atoms with van der Waals surface area (Å²) < 4.78 is 46.9. The maximum atomic E-state index is 13.7. The minimum absolute atomic E-state index is 0.00886. The molecule has 4 rings (SSSR count). The number of halogens is 3. The molecule has 4 heterocycles. The number of carbonyl (C=O) groups is 1. The second-order valence-electron chi connectivity index (χ2n) is 7.42. The van der Waals surface area contributed by atoms with Crippen LogP contribution in [-0.2, 0) is 10.9 Å². The van der Waals surface area contributed by atoms with Gasteiger partial charge in [-0.1, -0.05) is 0 Å². The number of piperazine rings is 1. The number of nitrogens with one attached hydrogen (secondary N) is 2. The fourth-order valence-electron chi connectivity index (χ4n) is 3.85. The Morgan fingerprint density at radius 2 is 2.13 bits per heavy atom. The lowest BCUT2D eigenvalue weighted by Gasteiger charge is -2.37. The number of aromatic nitrogens is 1. The first kappa shape index (κ1) is 21.3. The van der Waals surface area contributed by atoms with Crippen molar-refractivity contribution >= 4 is 33.3 Å². The van der Waals surface area contributed by atoms with E-state index in [0.717, 1.165) is 37.0 Å². The Balaban J connectivity index is 1.56. The molecule has 30 heavy (non-hydrogen) atoms. The third-order valence-electron chi connectivity index (χ3n) is 5.45. The number of morpholine rings is 1. The average Bonchev–Trinajstić information content (AvgIpc) is 3.17. The molecule has 0 spiro atoms. The van der Waals surface area contributed by atoms with Crippen LogP contribution in [0, 0.1) is 0 Å². The van der Waals surface area contributed by atoms with Gasteiger partial charge in [-0.3, -0.25) is 9.69 Å². The standard InChI is InChI=1S/C19H24F3N5O2S/c1-23-18(28)13-11-30-17-14(19(20,21)22)8-15(25-16(13)17)27-5-3-26(4-6-27)10-12-9-24-2-7-29-12/h8,11-12,24H,2-7,9-10H2,1H3,(H,23,28). The molecule has 1 amide bonds. The topological polar surface area (TPSA) is 69.7 Å². The van der Waals surface area contributed by atoms with Crippen LogP contribution in [0.15, 0.2) is 11.4 Å². The molecule has 2 aliphatic heterocycles. The number of nitrogens with zero attached hydrogens (tertiary/aromatic N) is 3. The molecule has 2 fully saturated rings. The van der Waals surface area contributed by atoms with Crippen LogP contribution in [0.1, 0.15) is 15.9 Å². The molecule has 7 nitrogen and oxygen atoms in total. The quantitative estimate of drug-likeness (QED) is 0.751. The third kappa shape index (κ3) is 4.39. The van der Waals surface area contributed by atoms with E-state index in [0.29, 0.717) is 32.8 Å². The summed E-state index contributed by atoms with van der Waals surface area (Å²) in [6.45, 7) is 5.73. The number of hydrogen-bond acceptors (Lipinski definition) is 7. The van der Waals surface area contributed by atoms with Crippen LogP contribution in [0.2, 0.25) is 0 Å². The summed E-state index contributed by atoms with van der Waals surface area (Å²) in [7, 11) is 1.45. The minimum atomic E-state index is -4.52. The summed E-state index contributed by atoms with van der Waals surface area (Å²) in [4.78, 5) is 20.7. The van der Waals surface area contributed by atoms with Gasteiger partial charge < -0.3 is 20.3 Å². The van der Waals surface area contributed by atoms with Gasteiger partial charge in [0.25, 0.3) is 5.91 Å². The van der Waals surface area contributed by atoms with Crippen molar-refractivity contribution in [2.24, 2.45) is 0 Å². The number of rotatable bonds is 4. The zero-order valence-corrected chi connectivity index (χ0v) is 17.4. The van der Waals surface area contributed by atoms with Gasteiger partial charge in [0.15, 0.2) is 0 Å². The highest BCUT2D eigenvalue weighted by molar-refractivity contribution is 7.17. The smallest absolute Gasteiger partial charge is 0.374 e. The highest BCUT2D eigenvalue weighted by Gasteiger charge is 2.36. The van der Waals surface area contributed by atoms with Crippen molar-refractivity contribution in [3.8, 4) is 0 Å². The van der Waals surface area contributed by atoms with Gasteiger partial charge in [0.2, 0.25) is 0 Å². The van der Waals surface area contributed by atoms with Crippen LogP contribution in [0.4, 0.5) is 19.0 Å². The molecule has 0 saturated carbocycles. The predicted molar refractivity (Wildman–Crippen MR) is 109 cm³/mol. The number of anilines is 1. The van der Waals surface area contributed by atoms with E-state index in [1.54, 1.807) is 0 Å². The van der Waals surface area contributed by atoms with Crippen molar-refractivity contribution in [3.63, 3.8) is 0 Å². The van der Waals surface area contributed by atoms with Gasteiger partial charge in [-0.2, -0.15) is 13.2 Å². The van der Waals surface area contributed by atoms with E-state index in [1.165, 1.54) is 12.4 Å². The van der Waals surface area contributed by atoms with E-state index in [4.69, 9.17) is 4.74 Å². The van der Waals surface area contributed by atoms with Gasteiger partial charge in [0, 0.05) is 58.2 Å². The van der Waals surface area contributed by atoms with Gasteiger partial charge >= 0.3 is 6.18 Å².